The van der Waals surface area contributed by atoms with Crippen LogP contribution < -0.4 is 4.90 Å². The second kappa shape index (κ2) is 4.83. The first-order chi connectivity index (χ1) is 7.66. The van der Waals surface area contributed by atoms with Crippen molar-refractivity contribution in [2.75, 3.05) is 18.0 Å². The van der Waals surface area contributed by atoms with Gasteiger partial charge in [0.25, 0.3) is 0 Å². The zero-order valence-electron chi connectivity index (χ0n) is 10.1. The Hall–Kier alpha value is -1.09. The van der Waals surface area contributed by atoms with Crippen molar-refractivity contribution in [3.63, 3.8) is 0 Å². The first-order valence-electron chi connectivity index (χ1n) is 6.06. The highest BCUT2D eigenvalue weighted by atomic mass is 16.3. The molecular weight excluding hydrogens is 200 g/mol. The summed E-state index contributed by atoms with van der Waals surface area (Å²) < 4.78 is 0. The molecule has 1 aromatic heterocycles. The molecule has 0 aliphatic carbocycles. The highest BCUT2D eigenvalue weighted by Gasteiger charge is 2.18. The number of pyridine rings is 1. The van der Waals surface area contributed by atoms with Gasteiger partial charge in [0.15, 0.2) is 0 Å². The summed E-state index contributed by atoms with van der Waals surface area (Å²) in [5.74, 6) is 0.473. The van der Waals surface area contributed by atoms with E-state index >= 15 is 0 Å². The predicted octanol–water partition coefficient (Wildman–Crippen LogP) is 2.17. The summed E-state index contributed by atoms with van der Waals surface area (Å²) >= 11 is 0. The van der Waals surface area contributed by atoms with Gasteiger partial charge in [0, 0.05) is 18.8 Å². The highest BCUT2D eigenvalue weighted by molar-refractivity contribution is 5.45. The Morgan fingerprint density at radius 1 is 1.44 bits per heavy atom. The quantitative estimate of drug-likeness (QED) is 0.829. The van der Waals surface area contributed by atoms with Crippen molar-refractivity contribution >= 4 is 5.69 Å². The molecule has 1 aliphatic rings. The van der Waals surface area contributed by atoms with E-state index in [2.05, 4.69) is 35.9 Å². The van der Waals surface area contributed by atoms with Crippen molar-refractivity contribution in [1.82, 2.24) is 4.98 Å². The number of aliphatic hydroxyl groups is 1. The van der Waals surface area contributed by atoms with Crippen molar-refractivity contribution in [2.45, 2.75) is 38.7 Å². The van der Waals surface area contributed by atoms with E-state index in [1.165, 1.54) is 0 Å². The van der Waals surface area contributed by atoms with Crippen molar-refractivity contribution < 1.29 is 5.11 Å². The molecule has 1 aliphatic heterocycles. The maximum absolute atomic E-state index is 9.62. The first kappa shape index (κ1) is 11.4. The van der Waals surface area contributed by atoms with Crippen LogP contribution in [0, 0.1) is 0 Å². The minimum absolute atomic E-state index is 0.182. The number of hydrogen-bond acceptors (Lipinski definition) is 3. The largest absolute Gasteiger partial charge is 0.391 e. The van der Waals surface area contributed by atoms with Gasteiger partial charge in [0.1, 0.15) is 0 Å². The van der Waals surface area contributed by atoms with Gasteiger partial charge in [-0.1, -0.05) is 13.8 Å². The SMILES string of the molecule is CC(C)c1ccc(N2CCC[C@H](O)C2)cn1. The van der Waals surface area contributed by atoms with E-state index in [-0.39, 0.29) is 6.10 Å². The van der Waals surface area contributed by atoms with Crippen LogP contribution in [0.4, 0.5) is 5.69 Å². The fourth-order valence-electron chi connectivity index (χ4n) is 2.12. The van der Waals surface area contributed by atoms with Gasteiger partial charge >= 0.3 is 0 Å². The van der Waals surface area contributed by atoms with Gasteiger partial charge in [-0.15, -0.1) is 0 Å². The summed E-state index contributed by atoms with van der Waals surface area (Å²) in [7, 11) is 0. The molecule has 3 nitrogen and oxygen atoms in total. The van der Waals surface area contributed by atoms with Crippen LogP contribution in [0.5, 0.6) is 0 Å². The van der Waals surface area contributed by atoms with Crippen molar-refractivity contribution in [2.24, 2.45) is 0 Å². The lowest BCUT2D eigenvalue weighted by Gasteiger charge is -2.31. The maximum Gasteiger partial charge on any atom is 0.0715 e. The molecule has 1 N–H and O–H groups in total. The standard InChI is InChI=1S/C13H20N2O/c1-10(2)13-6-5-11(8-14-13)15-7-3-4-12(16)9-15/h5-6,8,10,12,16H,3-4,7,9H2,1-2H3/t12-/m0/s1. The van der Waals surface area contributed by atoms with Gasteiger partial charge in [-0.25, -0.2) is 0 Å². The Morgan fingerprint density at radius 3 is 2.81 bits per heavy atom. The van der Waals surface area contributed by atoms with Crippen LogP contribution in [-0.4, -0.2) is 29.3 Å². The average Bonchev–Trinajstić information content (AvgIpc) is 2.29. The van der Waals surface area contributed by atoms with Gasteiger partial charge < -0.3 is 10.0 Å². The van der Waals surface area contributed by atoms with E-state index in [4.69, 9.17) is 0 Å². The lowest BCUT2D eigenvalue weighted by atomic mass is 10.1. The summed E-state index contributed by atoms with van der Waals surface area (Å²) in [6.07, 6.45) is 3.73. The zero-order valence-corrected chi connectivity index (χ0v) is 10.1. The molecule has 2 rings (SSSR count). The van der Waals surface area contributed by atoms with Crippen LogP contribution in [-0.2, 0) is 0 Å². The number of anilines is 1. The third kappa shape index (κ3) is 2.53. The number of aliphatic hydroxyl groups excluding tert-OH is 1. The summed E-state index contributed by atoms with van der Waals surface area (Å²) in [5.41, 5.74) is 2.25. The number of aromatic nitrogens is 1. The lowest BCUT2D eigenvalue weighted by Crippen LogP contribution is -2.38. The van der Waals surface area contributed by atoms with Gasteiger partial charge in [0.2, 0.25) is 0 Å². The molecule has 1 saturated heterocycles. The van der Waals surface area contributed by atoms with Crippen LogP contribution in [0.2, 0.25) is 0 Å². The van der Waals surface area contributed by atoms with Crippen molar-refractivity contribution in [3.05, 3.63) is 24.0 Å². The lowest BCUT2D eigenvalue weighted by molar-refractivity contribution is 0.154. The Balaban J connectivity index is 2.09. The van der Waals surface area contributed by atoms with E-state index in [0.29, 0.717) is 5.92 Å². The number of rotatable bonds is 2. The van der Waals surface area contributed by atoms with E-state index in [1.54, 1.807) is 0 Å². The monoisotopic (exact) mass is 220 g/mol. The fourth-order valence-corrected chi connectivity index (χ4v) is 2.12. The van der Waals surface area contributed by atoms with Crippen LogP contribution >= 0.6 is 0 Å². The van der Waals surface area contributed by atoms with Crippen molar-refractivity contribution in [1.29, 1.82) is 0 Å². The van der Waals surface area contributed by atoms with Crippen LogP contribution in [0.25, 0.3) is 0 Å². The molecule has 0 spiro atoms. The average molecular weight is 220 g/mol. The molecule has 0 aromatic carbocycles. The highest BCUT2D eigenvalue weighted by Crippen LogP contribution is 2.21. The molecule has 0 bridgehead atoms. The summed E-state index contributed by atoms with van der Waals surface area (Å²) in [4.78, 5) is 6.67. The second-order valence-corrected chi connectivity index (χ2v) is 4.84. The maximum atomic E-state index is 9.62. The Labute approximate surface area is 97.1 Å². The summed E-state index contributed by atoms with van der Waals surface area (Å²) in [5, 5.41) is 9.62. The normalized spacial score (nSPS) is 21.5. The topological polar surface area (TPSA) is 36.4 Å². The molecule has 0 saturated carbocycles. The van der Waals surface area contributed by atoms with Crippen LogP contribution in [0.1, 0.15) is 38.3 Å². The molecule has 3 heteroatoms. The Bertz CT molecular complexity index is 334. The molecule has 1 atom stereocenters. The molecule has 1 aromatic rings. The minimum Gasteiger partial charge on any atom is -0.391 e. The summed E-state index contributed by atoms with van der Waals surface area (Å²) in [6, 6.07) is 4.20. The molecule has 0 radical (unpaired) electrons. The van der Waals surface area contributed by atoms with E-state index in [0.717, 1.165) is 37.3 Å². The van der Waals surface area contributed by atoms with Crippen LogP contribution in [0.3, 0.4) is 0 Å². The smallest absolute Gasteiger partial charge is 0.0715 e. The molecular formula is C13H20N2O. The molecule has 1 fully saturated rings. The van der Waals surface area contributed by atoms with Gasteiger partial charge in [0.05, 0.1) is 18.0 Å². The van der Waals surface area contributed by atoms with Crippen LogP contribution in [0.15, 0.2) is 18.3 Å². The first-order valence-corrected chi connectivity index (χ1v) is 6.06. The number of hydrogen-bond donors (Lipinski definition) is 1. The van der Waals surface area contributed by atoms with Crippen molar-refractivity contribution in [3.8, 4) is 0 Å². The minimum atomic E-state index is -0.182. The molecule has 16 heavy (non-hydrogen) atoms. The Kier molecular flexibility index (Phi) is 3.44. The third-order valence-electron chi connectivity index (χ3n) is 3.12. The third-order valence-corrected chi connectivity index (χ3v) is 3.12. The Morgan fingerprint density at radius 2 is 2.25 bits per heavy atom. The second-order valence-electron chi connectivity index (χ2n) is 4.84. The van der Waals surface area contributed by atoms with Gasteiger partial charge in [-0.2, -0.15) is 0 Å². The molecule has 0 unspecified atom stereocenters. The number of nitrogens with zero attached hydrogens (tertiary/aromatic N) is 2. The van der Waals surface area contributed by atoms with Gasteiger partial charge in [-0.3, -0.25) is 4.98 Å². The molecule has 2 heterocycles. The molecule has 88 valence electrons. The predicted molar refractivity (Wildman–Crippen MR) is 65.8 cm³/mol. The zero-order chi connectivity index (χ0) is 11.5. The fraction of sp³-hybridized carbons (Fsp3) is 0.615. The van der Waals surface area contributed by atoms with E-state index in [1.807, 2.05) is 6.20 Å². The van der Waals surface area contributed by atoms with E-state index in [9.17, 15) is 5.11 Å². The molecule has 0 amide bonds. The van der Waals surface area contributed by atoms with E-state index < -0.39 is 0 Å². The summed E-state index contributed by atoms with van der Waals surface area (Å²) in [6.45, 7) is 6.06. The van der Waals surface area contributed by atoms with Gasteiger partial charge in [-0.05, 0) is 30.9 Å². The number of β-amino-alcohol motifs (C(OH)–C–C–N with tert-alkyl or cyclic N) is 1. The number of piperidine rings is 1.